The molecule has 0 aromatic heterocycles. The number of carbonyl (C=O) groups is 2. The first-order valence-electron chi connectivity index (χ1n) is 6.44. The molecule has 114 valence electrons. The Morgan fingerprint density at radius 1 is 1.48 bits per heavy atom. The smallest absolute Gasteiger partial charge is 0.347 e. The summed E-state index contributed by atoms with van der Waals surface area (Å²) in [6, 6.07) is 3.08. The number of benzene rings is 1. The van der Waals surface area contributed by atoms with Crippen molar-refractivity contribution in [3.63, 3.8) is 0 Å². The van der Waals surface area contributed by atoms with Crippen LogP contribution in [0.5, 0.6) is 11.5 Å². The van der Waals surface area contributed by atoms with Gasteiger partial charge in [-0.15, -0.1) is 0 Å². The maximum absolute atomic E-state index is 12.1. The van der Waals surface area contributed by atoms with E-state index >= 15 is 0 Å². The largest absolute Gasteiger partial charge is 0.492 e. The third-order valence-electron chi connectivity index (χ3n) is 2.89. The molecule has 1 heterocycles. The Labute approximate surface area is 130 Å². The van der Waals surface area contributed by atoms with Gasteiger partial charge in [0.2, 0.25) is 6.10 Å². The molecule has 0 amide bonds. The lowest BCUT2D eigenvalue weighted by molar-refractivity contribution is -0.145. The minimum Gasteiger partial charge on any atom is -0.492 e. The Kier molecular flexibility index (Phi) is 5.06. The number of hydrogen-bond acceptors (Lipinski definition) is 6. The molecule has 1 aliphatic heterocycles. The zero-order valence-corrected chi connectivity index (χ0v) is 13.3. The monoisotopic (exact) mass is 358 g/mol. The molecule has 1 aliphatic rings. The molecule has 0 aliphatic carbocycles. The van der Waals surface area contributed by atoms with E-state index in [1.54, 1.807) is 6.07 Å². The normalized spacial score (nSPS) is 17.3. The van der Waals surface area contributed by atoms with Crippen LogP contribution in [0.1, 0.15) is 23.7 Å². The predicted octanol–water partition coefficient (Wildman–Crippen LogP) is 2.33. The second-order valence-electron chi connectivity index (χ2n) is 4.27. The average Bonchev–Trinajstić information content (AvgIpc) is 2.84. The van der Waals surface area contributed by atoms with Gasteiger partial charge in [-0.25, -0.2) is 9.59 Å². The number of halogens is 1. The predicted molar refractivity (Wildman–Crippen MR) is 76.6 cm³/mol. The first kappa shape index (κ1) is 15.6. The minimum absolute atomic E-state index is 0.269. The number of carbonyl (C=O) groups excluding carboxylic acids is 2. The summed E-state index contributed by atoms with van der Waals surface area (Å²) >= 11 is 3.32. The van der Waals surface area contributed by atoms with Gasteiger partial charge in [0.15, 0.2) is 11.5 Å². The topological polar surface area (TPSA) is 71.1 Å². The molecule has 0 saturated carbocycles. The Bertz CT molecular complexity index is 557. The van der Waals surface area contributed by atoms with Crippen molar-refractivity contribution >= 4 is 27.9 Å². The van der Waals surface area contributed by atoms with E-state index in [0.717, 1.165) is 0 Å². The molecular formula is C14H15BrO6. The molecule has 0 spiro atoms. The molecule has 1 saturated heterocycles. The first-order valence-corrected chi connectivity index (χ1v) is 7.24. The van der Waals surface area contributed by atoms with Gasteiger partial charge in [0.1, 0.15) is 0 Å². The van der Waals surface area contributed by atoms with Crippen LogP contribution in [0.25, 0.3) is 0 Å². The van der Waals surface area contributed by atoms with Gasteiger partial charge in [0.25, 0.3) is 0 Å². The fourth-order valence-electron chi connectivity index (χ4n) is 1.93. The maximum Gasteiger partial charge on any atom is 0.347 e. The van der Waals surface area contributed by atoms with E-state index in [1.807, 2.05) is 6.92 Å². The molecule has 1 atom stereocenters. The zero-order chi connectivity index (χ0) is 15.4. The third kappa shape index (κ3) is 3.47. The Balaban J connectivity index is 2.22. The number of rotatable bonds is 5. The second kappa shape index (κ2) is 6.80. The molecule has 0 bridgehead atoms. The van der Waals surface area contributed by atoms with E-state index in [9.17, 15) is 9.59 Å². The lowest BCUT2D eigenvalue weighted by atomic mass is 10.2. The van der Waals surface area contributed by atoms with E-state index < -0.39 is 18.0 Å². The van der Waals surface area contributed by atoms with Crippen molar-refractivity contribution in [2.24, 2.45) is 0 Å². The van der Waals surface area contributed by atoms with Gasteiger partial charge < -0.3 is 18.9 Å². The lowest BCUT2D eigenvalue weighted by Gasteiger charge is -2.14. The summed E-state index contributed by atoms with van der Waals surface area (Å²) in [5.41, 5.74) is 0.269. The Morgan fingerprint density at radius 2 is 2.24 bits per heavy atom. The summed E-state index contributed by atoms with van der Waals surface area (Å²) in [7, 11) is 1.51. The van der Waals surface area contributed by atoms with E-state index in [2.05, 4.69) is 15.9 Å². The highest BCUT2D eigenvalue weighted by atomic mass is 79.9. The van der Waals surface area contributed by atoms with Crippen LogP contribution in [-0.2, 0) is 14.3 Å². The highest BCUT2D eigenvalue weighted by Crippen LogP contribution is 2.36. The first-order chi connectivity index (χ1) is 10.1. The molecule has 1 aromatic carbocycles. The number of esters is 2. The van der Waals surface area contributed by atoms with Crippen LogP contribution in [0.2, 0.25) is 0 Å². The van der Waals surface area contributed by atoms with Gasteiger partial charge in [-0.05, 0) is 35.0 Å². The Hall–Kier alpha value is -1.76. The number of ether oxygens (including phenoxy) is 4. The van der Waals surface area contributed by atoms with Crippen LogP contribution in [-0.4, -0.2) is 38.4 Å². The van der Waals surface area contributed by atoms with Crippen LogP contribution in [0.4, 0.5) is 0 Å². The van der Waals surface area contributed by atoms with Crippen molar-refractivity contribution in [3.05, 3.63) is 22.2 Å². The molecule has 0 unspecified atom stereocenters. The zero-order valence-electron chi connectivity index (χ0n) is 11.7. The number of hydrogen-bond donors (Lipinski definition) is 0. The summed E-state index contributed by atoms with van der Waals surface area (Å²) in [4.78, 5) is 23.4. The van der Waals surface area contributed by atoms with Gasteiger partial charge in [-0.1, -0.05) is 0 Å². The van der Waals surface area contributed by atoms with Gasteiger partial charge in [-0.2, -0.15) is 0 Å². The summed E-state index contributed by atoms with van der Waals surface area (Å²) < 4.78 is 21.1. The van der Waals surface area contributed by atoms with Crippen molar-refractivity contribution < 1.29 is 28.5 Å². The van der Waals surface area contributed by atoms with E-state index in [4.69, 9.17) is 18.9 Å². The summed E-state index contributed by atoms with van der Waals surface area (Å²) in [6.07, 6.45) is -0.464. The molecule has 1 fully saturated rings. The fraction of sp³-hybridized carbons (Fsp3) is 0.429. The van der Waals surface area contributed by atoms with Crippen LogP contribution in [0, 0.1) is 0 Å². The van der Waals surface area contributed by atoms with Crippen molar-refractivity contribution in [2.45, 2.75) is 19.4 Å². The lowest BCUT2D eigenvalue weighted by Crippen LogP contribution is -2.22. The molecular weight excluding hydrogens is 344 g/mol. The van der Waals surface area contributed by atoms with Gasteiger partial charge in [0.05, 0.1) is 30.4 Å². The van der Waals surface area contributed by atoms with Gasteiger partial charge in [-0.3, -0.25) is 0 Å². The summed E-state index contributed by atoms with van der Waals surface area (Å²) in [6.45, 7) is 2.52. The second-order valence-corrected chi connectivity index (χ2v) is 5.13. The van der Waals surface area contributed by atoms with Crippen LogP contribution in [0.3, 0.4) is 0 Å². The molecule has 6 nitrogen and oxygen atoms in total. The van der Waals surface area contributed by atoms with Crippen molar-refractivity contribution in [3.8, 4) is 11.5 Å². The molecule has 2 rings (SSSR count). The van der Waals surface area contributed by atoms with Crippen LogP contribution in [0.15, 0.2) is 16.6 Å². The SMILES string of the molecule is CCOc1cc(C(=O)O[C@H]2CCOC2=O)cc(Br)c1OC. The highest BCUT2D eigenvalue weighted by molar-refractivity contribution is 9.10. The third-order valence-corrected chi connectivity index (χ3v) is 3.47. The summed E-state index contributed by atoms with van der Waals surface area (Å²) in [5.74, 6) is -0.201. The van der Waals surface area contributed by atoms with Gasteiger partial charge in [0, 0.05) is 6.42 Å². The molecule has 1 aromatic rings. The highest BCUT2D eigenvalue weighted by Gasteiger charge is 2.31. The minimum atomic E-state index is -0.839. The molecule has 7 heteroatoms. The average molecular weight is 359 g/mol. The molecule has 0 radical (unpaired) electrons. The van der Waals surface area contributed by atoms with Gasteiger partial charge >= 0.3 is 11.9 Å². The summed E-state index contributed by atoms with van der Waals surface area (Å²) in [5, 5.41) is 0. The molecule has 0 N–H and O–H groups in total. The van der Waals surface area contributed by atoms with E-state index in [1.165, 1.54) is 13.2 Å². The maximum atomic E-state index is 12.1. The van der Waals surface area contributed by atoms with E-state index in [-0.39, 0.29) is 12.2 Å². The van der Waals surface area contributed by atoms with Crippen LogP contribution < -0.4 is 9.47 Å². The fourth-order valence-corrected chi connectivity index (χ4v) is 2.53. The standard InChI is InChI=1S/C14H15BrO6/c1-3-19-11-7-8(6-9(15)12(11)18-2)13(16)21-10-4-5-20-14(10)17/h6-7,10H,3-5H2,1-2H3/t10-/m0/s1. The number of cyclic esters (lactones) is 1. The Morgan fingerprint density at radius 3 is 2.81 bits per heavy atom. The van der Waals surface area contributed by atoms with Crippen molar-refractivity contribution in [2.75, 3.05) is 20.3 Å². The van der Waals surface area contributed by atoms with Crippen molar-refractivity contribution in [1.29, 1.82) is 0 Å². The van der Waals surface area contributed by atoms with E-state index in [0.29, 0.717) is 29.0 Å². The quantitative estimate of drug-likeness (QED) is 0.752. The number of methoxy groups -OCH3 is 1. The van der Waals surface area contributed by atoms with Crippen LogP contribution >= 0.6 is 15.9 Å². The van der Waals surface area contributed by atoms with Crippen molar-refractivity contribution in [1.82, 2.24) is 0 Å². The molecule has 21 heavy (non-hydrogen) atoms.